The molecule has 21 heavy (non-hydrogen) atoms. The summed E-state index contributed by atoms with van der Waals surface area (Å²) in [6.45, 7) is 5.72. The molecule has 0 unspecified atom stereocenters. The number of rotatable bonds is 5. The van der Waals surface area contributed by atoms with Crippen molar-refractivity contribution in [3.05, 3.63) is 45.8 Å². The molecule has 0 aliphatic rings. The number of nitrogens with one attached hydrogen (secondary N) is 1. The molecule has 1 N–H and O–H groups in total. The minimum absolute atomic E-state index is 0.0443. The number of aromatic nitrogens is 1. The summed E-state index contributed by atoms with van der Waals surface area (Å²) in [6.07, 6.45) is 0. The Bertz CT molecular complexity index is 636. The van der Waals surface area contributed by atoms with E-state index in [1.165, 1.54) is 11.8 Å². The molecule has 0 atom stereocenters. The van der Waals surface area contributed by atoms with Gasteiger partial charge >= 0.3 is 0 Å². The van der Waals surface area contributed by atoms with Gasteiger partial charge in [0.25, 0.3) is 0 Å². The van der Waals surface area contributed by atoms with Gasteiger partial charge in [0.05, 0.1) is 11.4 Å². The predicted octanol–water partition coefficient (Wildman–Crippen LogP) is 4.13. The van der Waals surface area contributed by atoms with Gasteiger partial charge in [-0.3, -0.25) is 4.79 Å². The molecule has 0 spiro atoms. The van der Waals surface area contributed by atoms with Gasteiger partial charge in [0.1, 0.15) is 5.76 Å². The zero-order valence-electron chi connectivity index (χ0n) is 12.2. The van der Waals surface area contributed by atoms with Crippen LogP contribution in [0.3, 0.4) is 0 Å². The molecule has 6 heteroatoms. The maximum absolute atomic E-state index is 12.0. The van der Waals surface area contributed by atoms with Gasteiger partial charge in [-0.1, -0.05) is 22.8 Å². The van der Waals surface area contributed by atoms with Crippen LogP contribution in [0.15, 0.2) is 22.7 Å². The molecule has 0 saturated carbocycles. The Morgan fingerprint density at radius 3 is 2.81 bits per heavy atom. The Hall–Kier alpha value is -1.46. The van der Waals surface area contributed by atoms with Crippen LogP contribution in [0.5, 0.6) is 0 Å². The molecule has 2 aromatic rings. The maximum Gasteiger partial charge on any atom is 0.234 e. The molecule has 0 fully saturated rings. The average Bonchev–Trinajstić information content (AvgIpc) is 2.74. The van der Waals surface area contributed by atoms with Gasteiger partial charge in [-0.25, -0.2) is 0 Å². The SMILES string of the molecule is Cc1ccc(Cl)cc1NC(=O)CSCc1c(C)noc1C. The van der Waals surface area contributed by atoms with Crippen molar-refractivity contribution >= 4 is 35.0 Å². The number of hydrogen-bond donors (Lipinski definition) is 1. The smallest absolute Gasteiger partial charge is 0.234 e. The van der Waals surface area contributed by atoms with E-state index in [4.69, 9.17) is 16.1 Å². The molecule has 112 valence electrons. The molecule has 1 aromatic heterocycles. The van der Waals surface area contributed by atoms with Gasteiger partial charge in [-0.2, -0.15) is 0 Å². The highest BCUT2D eigenvalue weighted by molar-refractivity contribution is 7.99. The molecule has 1 aromatic carbocycles. The summed E-state index contributed by atoms with van der Waals surface area (Å²) in [6, 6.07) is 5.45. The third kappa shape index (κ3) is 4.25. The Balaban J connectivity index is 1.87. The highest BCUT2D eigenvalue weighted by Gasteiger charge is 2.11. The van der Waals surface area contributed by atoms with Crippen molar-refractivity contribution in [2.24, 2.45) is 0 Å². The fraction of sp³-hybridized carbons (Fsp3) is 0.333. The maximum atomic E-state index is 12.0. The molecule has 0 saturated heterocycles. The number of carbonyl (C=O) groups excluding carboxylic acids is 1. The minimum atomic E-state index is -0.0443. The Morgan fingerprint density at radius 2 is 2.14 bits per heavy atom. The van der Waals surface area contributed by atoms with Crippen molar-refractivity contribution in [2.75, 3.05) is 11.1 Å². The third-order valence-corrected chi connectivity index (χ3v) is 4.33. The molecule has 0 aliphatic carbocycles. The number of halogens is 1. The Labute approximate surface area is 133 Å². The second kappa shape index (κ2) is 7.00. The second-order valence-corrected chi connectivity index (χ2v) is 6.22. The van der Waals surface area contributed by atoms with Crippen molar-refractivity contribution in [3.63, 3.8) is 0 Å². The minimum Gasteiger partial charge on any atom is -0.361 e. The van der Waals surface area contributed by atoms with E-state index in [0.717, 1.165) is 28.3 Å². The fourth-order valence-corrected chi connectivity index (χ4v) is 3.02. The number of benzene rings is 1. The van der Waals surface area contributed by atoms with Crippen molar-refractivity contribution in [1.29, 1.82) is 0 Å². The van der Waals surface area contributed by atoms with Crippen molar-refractivity contribution < 1.29 is 9.32 Å². The van der Waals surface area contributed by atoms with Crippen molar-refractivity contribution in [2.45, 2.75) is 26.5 Å². The highest BCUT2D eigenvalue weighted by Crippen LogP contribution is 2.22. The van der Waals surface area contributed by atoms with Crippen LogP contribution in [-0.2, 0) is 10.5 Å². The highest BCUT2D eigenvalue weighted by atomic mass is 35.5. The summed E-state index contributed by atoms with van der Waals surface area (Å²) < 4.78 is 5.10. The van der Waals surface area contributed by atoms with Crippen LogP contribution < -0.4 is 5.32 Å². The van der Waals surface area contributed by atoms with Crippen molar-refractivity contribution in [1.82, 2.24) is 5.16 Å². The van der Waals surface area contributed by atoms with Gasteiger partial charge < -0.3 is 9.84 Å². The number of aryl methyl sites for hydroxylation is 3. The van der Waals surface area contributed by atoms with Crippen LogP contribution >= 0.6 is 23.4 Å². The molecule has 0 bridgehead atoms. The van der Waals surface area contributed by atoms with Crippen LogP contribution in [0.4, 0.5) is 5.69 Å². The topological polar surface area (TPSA) is 55.1 Å². The molecule has 4 nitrogen and oxygen atoms in total. The van der Waals surface area contributed by atoms with Gasteiger partial charge in [0.15, 0.2) is 0 Å². The fourth-order valence-electron chi connectivity index (χ4n) is 1.87. The van der Waals surface area contributed by atoms with Crippen LogP contribution in [0.25, 0.3) is 0 Å². The summed E-state index contributed by atoms with van der Waals surface area (Å²) in [5.74, 6) is 1.85. The molecule has 2 rings (SSSR count). The molecule has 1 amide bonds. The van der Waals surface area contributed by atoms with Crippen LogP contribution in [0.1, 0.15) is 22.6 Å². The third-order valence-electron chi connectivity index (χ3n) is 3.13. The quantitative estimate of drug-likeness (QED) is 0.898. The summed E-state index contributed by atoms with van der Waals surface area (Å²) >= 11 is 7.46. The lowest BCUT2D eigenvalue weighted by Crippen LogP contribution is -2.15. The standard InChI is InChI=1S/C15H17ClN2O2S/c1-9-4-5-12(16)6-14(9)17-15(19)8-21-7-13-10(2)18-20-11(13)3/h4-6H,7-8H2,1-3H3,(H,17,19). The zero-order valence-corrected chi connectivity index (χ0v) is 13.8. The van der Waals surface area contributed by atoms with E-state index in [-0.39, 0.29) is 5.91 Å². The van der Waals surface area contributed by atoms with Crippen LogP contribution in [0.2, 0.25) is 5.02 Å². The molecule has 0 aliphatic heterocycles. The van der Waals surface area contributed by atoms with E-state index in [2.05, 4.69) is 10.5 Å². The predicted molar refractivity (Wildman–Crippen MR) is 87.0 cm³/mol. The number of nitrogens with zero attached hydrogens (tertiary/aromatic N) is 1. The first-order chi connectivity index (χ1) is 9.97. The monoisotopic (exact) mass is 324 g/mol. The van der Waals surface area contributed by atoms with Gasteiger partial charge in [-0.15, -0.1) is 11.8 Å². The van der Waals surface area contributed by atoms with Crippen LogP contribution in [-0.4, -0.2) is 16.8 Å². The number of carbonyl (C=O) groups is 1. The van der Waals surface area contributed by atoms with E-state index in [1.54, 1.807) is 12.1 Å². The molecular weight excluding hydrogens is 308 g/mol. The van der Waals surface area contributed by atoms with Crippen molar-refractivity contribution in [3.8, 4) is 0 Å². The second-order valence-electron chi connectivity index (χ2n) is 4.80. The molecular formula is C15H17ClN2O2S. The summed E-state index contributed by atoms with van der Waals surface area (Å²) in [5, 5.41) is 7.39. The first-order valence-corrected chi connectivity index (χ1v) is 8.06. The largest absolute Gasteiger partial charge is 0.361 e. The molecule has 0 radical (unpaired) electrons. The number of hydrogen-bond acceptors (Lipinski definition) is 4. The van der Waals surface area contributed by atoms with E-state index in [0.29, 0.717) is 16.5 Å². The average molecular weight is 325 g/mol. The van der Waals surface area contributed by atoms with Gasteiger partial charge in [0.2, 0.25) is 5.91 Å². The molecule has 1 heterocycles. The van der Waals surface area contributed by atoms with Gasteiger partial charge in [0, 0.05) is 22.0 Å². The summed E-state index contributed by atoms with van der Waals surface area (Å²) in [5.41, 5.74) is 3.69. The lowest BCUT2D eigenvalue weighted by molar-refractivity contribution is -0.113. The summed E-state index contributed by atoms with van der Waals surface area (Å²) in [4.78, 5) is 12.0. The first-order valence-electron chi connectivity index (χ1n) is 6.53. The number of thioether (sulfide) groups is 1. The normalized spacial score (nSPS) is 10.7. The number of amides is 1. The summed E-state index contributed by atoms with van der Waals surface area (Å²) in [7, 11) is 0. The zero-order chi connectivity index (χ0) is 15.4. The van der Waals surface area contributed by atoms with Crippen LogP contribution in [0, 0.1) is 20.8 Å². The number of anilines is 1. The van der Waals surface area contributed by atoms with E-state index in [9.17, 15) is 4.79 Å². The van der Waals surface area contributed by atoms with E-state index < -0.39 is 0 Å². The van der Waals surface area contributed by atoms with Gasteiger partial charge in [-0.05, 0) is 38.5 Å². The first kappa shape index (κ1) is 15.9. The Morgan fingerprint density at radius 1 is 1.38 bits per heavy atom. The lowest BCUT2D eigenvalue weighted by atomic mass is 10.2. The Kier molecular flexibility index (Phi) is 5.31. The van der Waals surface area contributed by atoms with E-state index >= 15 is 0 Å². The van der Waals surface area contributed by atoms with E-state index in [1.807, 2.05) is 26.8 Å². The lowest BCUT2D eigenvalue weighted by Gasteiger charge is -2.08.